The van der Waals surface area contributed by atoms with Gasteiger partial charge in [-0.15, -0.1) is 0 Å². The Kier molecular flexibility index (Phi) is 5.58. The molecule has 11 heteroatoms. The quantitative estimate of drug-likeness (QED) is 0.308. The molecule has 0 bridgehead atoms. The Morgan fingerprint density at radius 1 is 1.07 bits per heavy atom. The largest absolute Gasteiger partial charge is 0.341 e. The van der Waals surface area contributed by atoms with Gasteiger partial charge in [0, 0.05) is 37.8 Å². The molecule has 9 nitrogen and oxygen atoms in total. The summed E-state index contributed by atoms with van der Waals surface area (Å²) in [5.74, 6) is -0.954. The zero-order valence-electron chi connectivity index (χ0n) is 23.7. The lowest BCUT2D eigenvalue weighted by Gasteiger charge is -2.36. The lowest BCUT2D eigenvalue weighted by Crippen LogP contribution is -2.47. The van der Waals surface area contributed by atoms with E-state index in [0.717, 1.165) is 84.9 Å². The van der Waals surface area contributed by atoms with Gasteiger partial charge in [-0.3, -0.25) is 9.48 Å². The van der Waals surface area contributed by atoms with E-state index in [2.05, 4.69) is 16.1 Å². The average molecular weight is 571 g/mol. The van der Waals surface area contributed by atoms with Crippen molar-refractivity contribution < 1.29 is 13.6 Å². The second-order valence-corrected chi connectivity index (χ2v) is 12.2. The first kappa shape index (κ1) is 25.6. The first-order chi connectivity index (χ1) is 20.2. The van der Waals surface area contributed by atoms with Crippen molar-refractivity contribution in [2.75, 3.05) is 16.3 Å². The number of carbonyl (C=O) groups excluding carboxylic acids is 1. The average Bonchev–Trinajstić information content (AvgIpc) is 3.89. The molecule has 4 aromatic rings. The predicted octanol–water partition coefficient (Wildman–Crippen LogP) is 5.42. The van der Waals surface area contributed by atoms with Crippen LogP contribution in [0.1, 0.15) is 67.5 Å². The Morgan fingerprint density at radius 3 is 2.64 bits per heavy atom. The van der Waals surface area contributed by atoms with Crippen molar-refractivity contribution in [2.45, 2.75) is 83.5 Å². The summed E-state index contributed by atoms with van der Waals surface area (Å²) >= 11 is 0. The topological polar surface area (TPSA) is 85.0 Å². The highest BCUT2D eigenvalue weighted by Gasteiger charge is 2.41. The van der Waals surface area contributed by atoms with E-state index in [4.69, 9.17) is 9.97 Å². The Hall–Kier alpha value is -4.15. The van der Waals surface area contributed by atoms with E-state index in [1.807, 2.05) is 50.5 Å². The van der Waals surface area contributed by atoms with Crippen LogP contribution in [0, 0.1) is 6.92 Å². The van der Waals surface area contributed by atoms with Gasteiger partial charge in [0.25, 0.3) is 5.92 Å². The Bertz CT molecular complexity index is 1730. The summed E-state index contributed by atoms with van der Waals surface area (Å²) in [7, 11) is 0. The van der Waals surface area contributed by atoms with E-state index in [9.17, 15) is 13.6 Å². The van der Waals surface area contributed by atoms with E-state index in [1.54, 1.807) is 0 Å². The number of hydrogen-bond donors (Lipinski definition) is 0. The summed E-state index contributed by atoms with van der Waals surface area (Å²) in [6.45, 7) is 4.29. The third-order valence-corrected chi connectivity index (χ3v) is 8.75. The molecule has 0 radical (unpaired) electrons. The van der Waals surface area contributed by atoms with Crippen molar-refractivity contribution in [3.05, 3.63) is 59.2 Å². The normalized spacial score (nSPS) is 18.5. The van der Waals surface area contributed by atoms with E-state index < -0.39 is 5.92 Å². The van der Waals surface area contributed by atoms with Gasteiger partial charge in [-0.05, 0) is 62.1 Å². The molecule has 0 saturated heterocycles. The molecule has 42 heavy (non-hydrogen) atoms. The molecular weight excluding hydrogens is 538 g/mol. The maximum atomic E-state index is 14.1. The van der Waals surface area contributed by atoms with E-state index in [0.29, 0.717) is 30.8 Å². The minimum absolute atomic E-state index is 0.0605. The van der Waals surface area contributed by atoms with Crippen LogP contribution in [0.5, 0.6) is 0 Å². The number of fused-ring (bicyclic) bond motifs is 4. The summed E-state index contributed by atoms with van der Waals surface area (Å²) < 4.78 is 32.0. The maximum Gasteiger partial charge on any atom is 0.288 e. The van der Waals surface area contributed by atoms with Crippen LogP contribution >= 0.6 is 0 Å². The van der Waals surface area contributed by atoms with Crippen LogP contribution in [0.2, 0.25) is 0 Å². The lowest BCUT2D eigenvalue weighted by atomic mass is 10.00. The summed E-state index contributed by atoms with van der Waals surface area (Å²) in [5.41, 5.74) is 5.53. The molecule has 5 heterocycles. The SMILES string of the molecule is Cc1cnn(C2CC2)c1-c1ncc2c(n1)N(Cc1ccc3c(c1)CCCn1cc(C(C)(F)F)nc1-3)CC(=O)N2C1CC1. The second-order valence-electron chi connectivity index (χ2n) is 12.2. The molecule has 0 unspecified atom stereocenters. The van der Waals surface area contributed by atoms with Crippen LogP contribution in [0.25, 0.3) is 22.9 Å². The summed E-state index contributed by atoms with van der Waals surface area (Å²) in [6.07, 6.45) is 11.0. The molecule has 0 atom stereocenters. The molecule has 2 aliphatic heterocycles. The monoisotopic (exact) mass is 570 g/mol. The van der Waals surface area contributed by atoms with Crippen molar-refractivity contribution in [3.63, 3.8) is 0 Å². The Balaban J connectivity index is 1.16. The van der Waals surface area contributed by atoms with Gasteiger partial charge in [-0.2, -0.15) is 13.9 Å². The third-order valence-electron chi connectivity index (χ3n) is 8.75. The fourth-order valence-corrected chi connectivity index (χ4v) is 6.36. The number of anilines is 2. The molecule has 3 aromatic heterocycles. The molecule has 8 rings (SSSR count). The number of rotatable bonds is 6. The number of halogens is 2. The van der Waals surface area contributed by atoms with Gasteiger partial charge in [0.1, 0.15) is 22.9 Å². The second kappa shape index (κ2) is 9.17. The lowest BCUT2D eigenvalue weighted by molar-refractivity contribution is -0.117. The maximum absolute atomic E-state index is 14.1. The number of amides is 1. The molecule has 1 amide bonds. The van der Waals surface area contributed by atoms with Crippen LogP contribution in [-0.4, -0.2) is 47.8 Å². The van der Waals surface area contributed by atoms with Crippen LogP contribution < -0.4 is 9.80 Å². The summed E-state index contributed by atoms with van der Waals surface area (Å²) in [4.78, 5) is 31.5. The summed E-state index contributed by atoms with van der Waals surface area (Å²) in [6, 6.07) is 6.74. The van der Waals surface area contributed by atoms with Crippen molar-refractivity contribution in [1.29, 1.82) is 0 Å². The van der Waals surface area contributed by atoms with E-state index >= 15 is 0 Å². The minimum atomic E-state index is -2.99. The van der Waals surface area contributed by atoms with Gasteiger partial charge >= 0.3 is 0 Å². The van der Waals surface area contributed by atoms with Crippen molar-refractivity contribution in [2.24, 2.45) is 0 Å². The van der Waals surface area contributed by atoms with Crippen molar-refractivity contribution in [1.82, 2.24) is 29.3 Å². The van der Waals surface area contributed by atoms with Gasteiger partial charge in [0.2, 0.25) is 5.91 Å². The van der Waals surface area contributed by atoms with Gasteiger partial charge in [-0.25, -0.2) is 15.0 Å². The molecule has 2 fully saturated rings. The van der Waals surface area contributed by atoms with Crippen molar-refractivity contribution >= 4 is 17.4 Å². The van der Waals surface area contributed by atoms with Gasteiger partial charge in [-0.1, -0.05) is 18.2 Å². The smallest absolute Gasteiger partial charge is 0.288 e. The Labute approximate surface area is 242 Å². The highest BCUT2D eigenvalue weighted by atomic mass is 19.3. The number of carbonyl (C=O) groups is 1. The highest BCUT2D eigenvalue weighted by molar-refractivity contribution is 6.03. The highest BCUT2D eigenvalue weighted by Crippen LogP contribution is 2.43. The number of nitrogens with zero attached hydrogens (tertiary/aromatic N) is 8. The molecule has 216 valence electrons. The minimum Gasteiger partial charge on any atom is -0.341 e. The fraction of sp³-hybridized carbons (Fsp3) is 0.452. The number of aromatic nitrogens is 6. The van der Waals surface area contributed by atoms with E-state index in [-0.39, 0.29) is 24.2 Å². The van der Waals surface area contributed by atoms with Crippen molar-refractivity contribution in [3.8, 4) is 22.9 Å². The first-order valence-corrected chi connectivity index (χ1v) is 14.8. The number of aryl methyl sites for hydroxylation is 3. The molecular formula is C31H32F2N8O. The van der Waals surface area contributed by atoms with Crippen LogP contribution in [0.4, 0.5) is 20.3 Å². The van der Waals surface area contributed by atoms with E-state index in [1.165, 1.54) is 6.20 Å². The standard InChI is InChI=1S/C31H32F2N8O/c1-18-13-35-41(22-8-9-22)27(18)28-34-14-24-30(37-28)39(17-26(42)40(24)21-6-7-21)15-19-5-10-23-20(12-19)4-3-11-38-16-25(31(2,32)33)36-29(23)38/h5,10,12-14,16,21-22H,3-4,6-9,11,15,17H2,1-2H3. The van der Waals surface area contributed by atoms with Crippen LogP contribution in [-0.2, 0) is 30.2 Å². The molecule has 0 spiro atoms. The van der Waals surface area contributed by atoms with Gasteiger partial charge < -0.3 is 14.4 Å². The third kappa shape index (κ3) is 4.28. The number of benzene rings is 1. The van der Waals surface area contributed by atoms with Crippen LogP contribution in [0.15, 0.2) is 36.8 Å². The molecule has 0 N–H and O–H groups in total. The predicted molar refractivity (Wildman–Crippen MR) is 153 cm³/mol. The number of alkyl halides is 2. The molecule has 4 aliphatic rings. The molecule has 2 aliphatic carbocycles. The fourth-order valence-electron chi connectivity index (χ4n) is 6.36. The first-order valence-electron chi connectivity index (χ1n) is 14.8. The number of imidazole rings is 1. The molecule has 2 saturated carbocycles. The van der Waals surface area contributed by atoms with Crippen LogP contribution in [0.3, 0.4) is 0 Å². The molecule has 1 aromatic carbocycles. The Morgan fingerprint density at radius 2 is 1.88 bits per heavy atom. The van der Waals surface area contributed by atoms with Gasteiger partial charge in [0.05, 0.1) is 25.0 Å². The summed E-state index contributed by atoms with van der Waals surface area (Å²) in [5, 5.41) is 4.61. The zero-order chi connectivity index (χ0) is 28.7. The zero-order valence-corrected chi connectivity index (χ0v) is 23.7. The van der Waals surface area contributed by atoms with Gasteiger partial charge in [0.15, 0.2) is 11.6 Å². The number of hydrogen-bond acceptors (Lipinski definition) is 6.